The van der Waals surface area contributed by atoms with Gasteiger partial charge in [-0.25, -0.2) is 8.78 Å². The summed E-state index contributed by atoms with van der Waals surface area (Å²) in [6.07, 6.45) is -3.79. The van der Waals surface area contributed by atoms with Gasteiger partial charge in [0.15, 0.2) is 5.11 Å². The van der Waals surface area contributed by atoms with Crippen LogP contribution >= 0.6 is 12.2 Å². The first-order chi connectivity index (χ1) is 11.3. The third-order valence-electron chi connectivity index (χ3n) is 2.70. The van der Waals surface area contributed by atoms with Crippen molar-refractivity contribution in [1.82, 2.24) is 16.2 Å². The zero-order valence-corrected chi connectivity index (χ0v) is 13.6. The number of nitrogens with one attached hydrogen (secondary N) is 3. The lowest BCUT2D eigenvalue weighted by molar-refractivity contribution is -0.168. The van der Waals surface area contributed by atoms with Crippen LogP contribution in [0.5, 0.6) is 0 Å². The average molecular weight is 367 g/mol. The van der Waals surface area contributed by atoms with Crippen molar-refractivity contribution < 1.29 is 27.1 Å². The lowest BCUT2D eigenvalue weighted by Gasteiger charge is -2.15. The molecule has 24 heavy (non-hydrogen) atoms. The highest BCUT2D eigenvalue weighted by molar-refractivity contribution is 7.80. The van der Waals surface area contributed by atoms with Crippen LogP contribution in [-0.2, 0) is 11.3 Å². The fourth-order valence-corrected chi connectivity index (χ4v) is 1.76. The number of amides is 1. The van der Waals surface area contributed by atoms with E-state index in [9.17, 15) is 22.4 Å². The fourth-order valence-electron chi connectivity index (χ4n) is 1.56. The summed E-state index contributed by atoms with van der Waals surface area (Å²) in [5.41, 5.74) is 5.45. The maximum absolute atomic E-state index is 12.7. The normalized spacial score (nSPS) is 11.2. The number of rotatable bonds is 7. The van der Waals surface area contributed by atoms with Gasteiger partial charge in [-0.1, -0.05) is 12.1 Å². The predicted molar refractivity (Wildman–Crippen MR) is 83.9 cm³/mol. The Morgan fingerprint density at radius 1 is 1.33 bits per heavy atom. The molecule has 1 aromatic carbocycles. The van der Waals surface area contributed by atoms with E-state index in [4.69, 9.17) is 12.2 Å². The SMILES string of the molecule is CCNC(=S)NNC(=O)c1cccc(COCC(F)(F)C(F)F)c1. The number of halogens is 4. The van der Waals surface area contributed by atoms with Crippen molar-refractivity contribution >= 4 is 23.2 Å². The van der Waals surface area contributed by atoms with E-state index in [2.05, 4.69) is 20.9 Å². The Balaban J connectivity index is 2.54. The van der Waals surface area contributed by atoms with Crippen LogP contribution in [0.3, 0.4) is 0 Å². The number of carbonyl (C=O) groups excluding carboxylic acids is 1. The number of thiocarbonyl (C=S) groups is 1. The molecule has 3 N–H and O–H groups in total. The third-order valence-corrected chi connectivity index (χ3v) is 2.94. The van der Waals surface area contributed by atoms with Crippen molar-refractivity contribution in [3.63, 3.8) is 0 Å². The van der Waals surface area contributed by atoms with Crippen molar-refractivity contribution in [1.29, 1.82) is 0 Å². The van der Waals surface area contributed by atoms with Crippen LogP contribution in [0, 0.1) is 0 Å². The highest BCUT2D eigenvalue weighted by Gasteiger charge is 2.40. The number of carbonyl (C=O) groups is 1. The molecule has 0 saturated heterocycles. The Labute approximate surface area is 141 Å². The van der Waals surface area contributed by atoms with Crippen molar-refractivity contribution in [2.75, 3.05) is 13.2 Å². The number of hydrogen-bond donors (Lipinski definition) is 3. The number of ether oxygens (including phenoxy) is 1. The first-order valence-corrected chi connectivity index (χ1v) is 7.34. The van der Waals surface area contributed by atoms with Crippen LogP contribution in [0.2, 0.25) is 0 Å². The van der Waals surface area contributed by atoms with Gasteiger partial charge in [0.05, 0.1) is 6.61 Å². The Hall–Kier alpha value is -1.94. The highest BCUT2D eigenvalue weighted by atomic mass is 32.1. The summed E-state index contributed by atoms with van der Waals surface area (Å²) in [6, 6.07) is 5.92. The molecule has 0 aromatic heterocycles. The molecule has 0 saturated carbocycles. The number of hydrazine groups is 1. The molecule has 0 aliphatic heterocycles. The van der Waals surface area contributed by atoms with E-state index in [0.29, 0.717) is 12.1 Å². The Bertz CT molecular complexity index is 573. The van der Waals surface area contributed by atoms with E-state index < -0.39 is 24.9 Å². The Morgan fingerprint density at radius 2 is 2.04 bits per heavy atom. The van der Waals surface area contributed by atoms with Gasteiger partial charge in [0.1, 0.15) is 6.61 Å². The van der Waals surface area contributed by atoms with Crippen LogP contribution in [0.4, 0.5) is 17.6 Å². The summed E-state index contributed by atoms with van der Waals surface area (Å²) in [5, 5.41) is 3.00. The monoisotopic (exact) mass is 367 g/mol. The molecule has 0 radical (unpaired) electrons. The van der Waals surface area contributed by atoms with Crippen LogP contribution in [0.1, 0.15) is 22.8 Å². The second-order valence-electron chi connectivity index (χ2n) is 4.69. The third kappa shape index (κ3) is 6.67. The summed E-state index contributed by atoms with van der Waals surface area (Å²) in [5.74, 6) is -4.71. The zero-order valence-electron chi connectivity index (χ0n) is 12.7. The summed E-state index contributed by atoms with van der Waals surface area (Å²) < 4.78 is 54.1. The van der Waals surface area contributed by atoms with Gasteiger partial charge in [-0.15, -0.1) is 0 Å². The molecule has 0 aliphatic rings. The minimum atomic E-state index is -4.21. The van der Waals surface area contributed by atoms with E-state index >= 15 is 0 Å². The molecule has 0 unspecified atom stereocenters. The first-order valence-electron chi connectivity index (χ1n) is 6.93. The van der Waals surface area contributed by atoms with Crippen LogP contribution in [0.25, 0.3) is 0 Å². The van der Waals surface area contributed by atoms with Gasteiger partial charge >= 0.3 is 12.3 Å². The highest BCUT2D eigenvalue weighted by Crippen LogP contribution is 2.23. The van der Waals surface area contributed by atoms with E-state index in [1.807, 2.05) is 6.92 Å². The fraction of sp³-hybridized carbons (Fsp3) is 0.429. The minimum Gasteiger partial charge on any atom is -0.370 e. The summed E-state index contributed by atoms with van der Waals surface area (Å²) in [4.78, 5) is 11.9. The topological polar surface area (TPSA) is 62.4 Å². The minimum absolute atomic E-state index is 0.225. The predicted octanol–water partition coefficient (Wildman–Crippen LogP) is 2.23. The zero-order chi connectivity index (χ0) is 18.2. The summed E-state index contributed by atoms with van der Waals surface area (Å²) in [6.45, 7) is 0.681. The van der Waals surface area contributed by atoms with Gasteiger partial charge in [-0.05, 0) is 36.8 Å². The Morgan fingerprint density at radius 3 is 2.67 bits per heavy atom. The largest absolute Gasteiger partial charge is 0.370 e. The maximum Gasteiger partial charge on any atom is 0.330 e. The maximum atomic E-state index is 12.7. The summed E-state index contributed by atoms with van der Waals surface area (Å²) in [7, 11) is 0. The van der Waals surface area contributed by atoms with Gasteiger partial charge in [0, 0.05) is 12.1 Å². The van der Waals surface area contributed by atoms with Gasteiger partial charge in [0.2, 0.25) is 0 Å². The molecule has 0 atom stereocenters. The van der Waals surface area contributed by atoms with Crippen molar-refractivity contribution in [3.8, 4) is 0 Å². The van der Waals surface area contributed by atoms with Gasteiger partial charge in [0.25, 0.3) is 5.91 Å². The van der Waals surface area contributed by atoms with E-state index in [0.717, 1.165) is 0 Å². The molecule has 10 heteroatoms. The number of benzene rings is 1. The van der Waals surface area contributed by atoms with Crippen LogP contribution < -0.4 is 16.2 Å². The van der Waals surface area contributed by atoms with E-state index in [1.165, 1.54) is 24.3 Å². The van der Waals surface area contributed by atoms with Gasteiger partial charge in [-0.3, -0.25) is 15.6 Å². The van der Waals surface area contributed by atoms with Gasteiger partial charge < -0.3 is 10.1 Å². The molecule has 5 nitrogen and oxygen atoms in total. The molecular formula is C14H17F4N3O2S. The molecule has 0 aliphatic carbocycles. The lowest BCUT2D eigenvalue weighted by atomic mass is 10.1. The smallest absolute Gasteiger partial charge is 0.330 e. The molecule has 1 amide bonds. The molecule has 1 aromatic rings. The standard InChI is InChI=1S/C14H17F4N3O2S/c1-2-19-13(24)21-20-11(22)10-5-3-4-9(6-10)7-23-8-14(17,18)12(15)16/h3-6,12H,2,7-8H2,1H3,(H,20,22)(H2,19,21,24). The van der Waals surface area contributed by atoms with Crippen molar-refractivity contribution in [2.45, 2.75) is 25.9 Å². The molecule has 0 bridgehead atoms. The second kappa shape index (κ2) is 9.38. The quantitative estimate of drug-likeness (QED) is 0.392. The molecular weight excluding hydrogens is 350 g/mol. The van der Waals surface area contributed by atoms with Crippen molar-refractivity contribution in [3.05, 3.63) is 35.4 Å². The number of alkyl halides is 4. The Kier molecular flexibility index (Phi) is 7.86. The second-order valence-corrected chi connectivity index (χ2v) is 5.10. The molecule has 0 spiro atoms. The molecule has 0 heterocycles. The van der Waals surface area contributed by atoms with E-state index in [-0.39, 0.29) is 17.3 Å². The van der Waals surface area contributed by atoms with Gasteiger partial charge in [-0.2, -0.15) is 8.78 Å². The average Bonchev–Trinajstić information content (AvgIpc) is 2.53. The molecule has 1 rings (SSSR count). The molecule has 134 valence electrons. The number of hydrogen-bond acceptors (Lipinski definition) is 3. The van der Waals surface area contributed by atoms with Crippen LogP contribution in [0.15, 0.2) is 24.3 Å². The van der Waals surface area contributed by atoms with Crippen molar-refractivity contribution in [2.24, 2.45) is 0 Å². The first kappa shape index (κ1) is 20.1. The van der Waals surface area contributed by atoms with E-state index in [1.54, 1.807) is 0 Å². The van der Waals surface area contributed by atoms with Crippen LogP contribution in [-0.4, -0.2) is 36.5 Å². The summed E-state index contributed by atoms with van der Waals surface area (Å²) >= 11 is 4.87. The molecule has 0 fully saturated rings. The lowest BCUT2D eigenvalue weighted by Crippen LogP contribution is -2.46.